The third-order valence-corrected chi connectivity index (χ3v) is 1.84. The lowest BCUT2D eigenvalue weighted by Gasteiger charge is -1.99. The quantitative estimate of drug-likeness (QED) is 0.815. The maximum absolute atomic E-state index is 5.55. The van der Waals surface area contributed by atoms with E-state index < -0.39 is 0 Å². The lowest BCUT2D eigenvalue weighted by molar-refractivity contribution is 0.687. The molecule has 1 heterocycles. The molecule has 0 saturated heterocycles. The second-order valence-electron chi connectivity index (χ2n) is 2.96. The van der Waals surface area contributed by atoms with Crippen LogP contribution in [0.4, 0.5) is 5.69 Å². The minimum atomic E-state index is 0.705. The zero-order valence-electron chi connectivity index (χ0n) is 9.22. The molecule has 0 amide bonds. The summed E-state index contributed by atoms with van der Waals surface area (Å²) in [4.78, 5) is 0. The second-order valence-corrected chi connectivity index (χ2v) is 2.96. The first-order valence-corrected chi connectivity index (χ1v) is 5.16. The molecule has 0 spiro atoms. The summed E-state index contributed by atoms with van der Waals surface area (Å²) in [5.74, 6) is 0. The Morgan fingerprint density at radius 1 is 1.20 bits per heavy atom. The summed E-state index contributed by atoms with van der Waals surface area (Å²) in [6.45, 7) is 4.78. The lowest BCUT2D eigenvalue weighted by Crippen LogP contribution is -1.99. The highest BCUT2D eigenvalue weighted by Gasteiger charge is 1.95. The fraction of sp³-hybridized carbons (Fsp3) is 0.250. The van der Waals surface area contributed by atoms with E-state index in [-0.39, 0.29) is 0 Å². The van der Waals surface area contributed by atoms with Crippen LogP contribution in [0.25, 0.3) is 0 Å². The number of hydrogen-bond acceptors (Lipinski definition) is 2. The number of hydrogen-bond donors (Lipinski definition) is 1. The molecule has 3 heteroatoms. The summed E-state index contributed by atoms with van der Waals surface area (Å²) in [6, 6.07) is 10.2. The first-order chi connectivity index (χ1) is 7.34. The Labute approximate surface area is 90.5 Å². The Morgan fingerprint density at radius 2 is 1.87 bits per heavy atom. The van der Waals surface area contributed by atoms with E-state index in [9.17, 15) is 0 Å². The number of benzene rings is 1. The highest BCUT2D eigenvalue weighted by molar-refractivity contribution is 5.30. The monoisotopic (exact) mass is 203 g/mol. The van der Waals surface area contributed by atoms with Gasteiger partial charge < -0.3 is 5.73 Å². The smallest absolute Gasteiger partial charge is 0.0719 e. The molecule has 1 aromatic heterocycles. The average Bonchev–Trinajstić information content (AvgIpc) is 2.68. The molecule has 2 rings (SSSR count). The Bertz CT molecular complexity index is 379. The SMILES string of the molecule is CC.Nc1cnn(Cc2ccccc2)c1. The van der Waals surface area contributed by atoms with E-state index in [1.807, 2.05) is 42.9 Å². The predicted molar refractivity (Wildman–Crippen MR) is 63.5 cm³/mol. The van der Waals surface area contributed by atoms with E-state index in [0.29, 0.717) is 5.69 Å². The van der Waals surface area contributed by atoms with Crippen molar-refractivity contribution >= 4 is 5.69 Å². The largest absolute Gasteiger partial charge is 0.396 e. The van der Waals surface area contributed by atoms with Crippen LogP contribution in [-0.2, 0) is 6.54 Å². The first-order valence-electron chi connectivity index (χ1n) is 5.16. The molecule has 0 atom stereocenters. The maximum Gasteiger partial charge on any atom is 0.0719 e. The van der Waals surface area contributed by atoms with Crippen molar-refractivity contribution in [2.75, 3.05) is 5.73 Å². The van der Waals surface area contributed by atoms with Gasteiger partial charge in [0.25, 0.3) is 0 Å². The van der Waals surface area contributed by atoms with Gasteiger partial charge in [-0.3, -0.25) is 4.68 Å². The zero-order chi connectivity index (χ0) is 11.1. The van der Waals surface area contributed by atoms with Crippen LogP contribution in [0.3, 0.4) is 0 Å². The molecule has 0 unspecified atom stereocenters. The third-order valence-electron chi connectivity index (χ3n) is 1.84. The van der Waals surface area contributed by atoms with Gasteiger partial charge in [-0.25, -0.2) is 0 Å². The average molecular weight is 203 g/mol. The molecule has 0 aliphatic rings. The van der Waals surface area contributed by atoms with Crippen LogP contribution in [0.15, 0.2) is 42.7 Å². The van der Waals surface area contributed by atoms with Gasteiger partial charge in [0, 0.05) is 6.20 Å². The Morgan fingerprint density at radius 3 is 2.40 bits per heavy atom. The van der Waals surface area contributed by atoms with Crippen LogP contribution in [0.1, 0.15) is 19.4 Å². The molecule has 15 heavy (non-hydrogen) atoms. The number of nitrogens with two attached hydrogens (primary N) is 1. The Kier molecular flexibility index (Phi) is 4.41. The predicted octanol–water partition coefficient (Wildman–Crippen LogP) is 2.54. The van der Waals surface area contributed by atoms with Crippen LogP contribution in [-0.4, -0.2) is 9.78 Å². The van der Waals surface area contributed by atoms with Gasteiger partial charge in [0.1, 0.15) is 0 Å². The standard InChI is InChI=1S/C10H11N3.C2H6/c11-10-6-12-13(8-10)7-9-4-2-1-3-5-9;1-2/h1-6,8H,7,11H2;1-2H3. The van der Waals surface area contributed by atoms with E-state index in [0.717, 1.165) is 6.54 Å². The van der Waals surface area contributed by atoms with Crippen molar-refractivity contribution in [1.82, 2.24) is 9.78 Å². The molecular formula is C12H17N3. The van der Waals surface area contributed by atoms with E-state index in [1.165, 1.54) is 5.56 Å². The van der Waals surface area contributed by atoms with Crippen molar-refractivity contribution in [2.45, 2.75) is 20.4 Å². The lowest BCUT2D eigenvalue weighted by atomic mass is 10.2. The number of nitrogens with zero attached hydrogens (tertiary/aromatic N) is 2. The molecule has 3 nitrogen and oxygen atoms in total. The molecule has 0 aliphatic heterocycles. The first kappa shape index (κ1) is 11.3. The second kappa shape index (κ2) is 5.86. The molecule has 0 saturated carbocycles. The third kappa shape index (κ3) is 3.46. The number of aromatic nitrogens is 2. The minimum absolute atomic E-state index is 0.705. The molecule has 0 fully saturated rings. The van der Waals surface area contributed by atoms with Crippen molar-refractivity contribution in [2.24, 2.45) is 0 Å². The highest BCUT2D eigenvalue weighted by Crippen LogP contribution is 2.03. The van der Waals surface area contributed by atoms with E-state index in [2.05, 4.69) is 17.2 Å². The molecule has 2 N–H and O–H groups in total. The molecule has 80 valence electrons. The number of anilines is 1. The fourth-order valence-electron chi connectivity index (χ4n) is 1.24. The van der Waals surface area contributed by atoms with Crippen LogP contribution in [0.2, 0.25) is 0 Å². The molecule has 2 aromatic rings. The van der Waals surface area contributed by atoms with Gasteiger partial charge in [0.15, 0.2) is 0 Å². The van der Waals surface area contributed by atoms with Crippen molar-refractivity contribution in [1.29, 1.82) is 0 Å². The van der Waals surface area contributed by atoms with Gasteiger partial charge in [0.2, 0.25) is 0 Å². The summed E-state index contributed by atoms with van der Waals surface area (Å²) in [7, 11) is 0. The van der Waals surface area contributed by atoms with Crippen LogP contribution in [0.5, 0.6) is 0 Å². The molecule has 0 bridgehead atoms. The zero-order valence-corrected chi connectivity index (χ0v) is 9.22. The highest BCUT2D eigenvalue weighted by atomic mass is 15.3. The van der Waals surface area contributed by atoms with Gasteiger partial charge in [0.05, 0.1) is 18.4 Å². The summed E-state index contributed by atoms with van der Waals surface area (Å²) in [6.07, 6.45) is 3.48. The topological polar surface area (TPSA) is 43.8 Å². The van der Waals surface area contributed by atoms with Gasteiger partial charge in [-0.15, -0.1) is 0 Å². The van der Waals surface area contributed by atoms with Crippen molar-refractivity contribution in [3.05, 3.63) is 48.3 Å². The van der Waals surface area contributed by atoms with Gasteiger partial charge in [-0.05, 0) is 5.56 Å². The maximum atomic E-state index is 5.55. The normalized spacial score (nSPS) is 9.20. The molecule has 1 aromatic carbocycles. The van der Waals surface area contributed by atoms with E-state index >= 15 is 0 Å². The van der Waals surface area contributed by atoms with Gasteiger partial charge in [-0.1, -0.05) is 44.2 Å². The Balaban J connectivity index is 0.000000531. The van der Waals surface area contributed by atoms with Crippen molar-refractivity contribution in [3.63, 3.8) is 0 Å². The van der Waals surface area contributed by atoms with Crippen LogP contribution >= 0.6 is 0 Å². The number of rotatable bonds is 2. The summed E-state index contributed by atoms with van der Waals surface area (Å²) in [5.41, 5.74) is 7.48. The minimum Gasteiger partial charge on any atom is -0.396 e. The fourth-order valence-corrected chi connectivity index (χ4v) is 1.24. The summed E-state index contributed by atoms with van der Waals surface area (Å²) >= 11 is 0. The molecule has 0 aliphatic carbocycles. The summed E-state index contributed by atoms with van der Waals surface area (Å²) < 4.78 is 1.82. The van der Waals surface area contributed by atoms with Gasteiger partial charge >= 0.3 is 0 Å². The van der Waals surface area contributed by atoms with E-state index in [4.69, 9.17) is 5.73 Å². The van der Waals surface area contributed by atoms with E-state index in [1.54, 1.807) is 6.20 Å². The molecule has 0 radical (unpaired) electrons. The number of nitrogen functional groups attached to an aromatic ring is 1. The van der Waals surface area contributed by atoms with Crippen LogP contribution in [0, 0.1) is 0 Å². The van der Waals surface area contributed by atoms with Crippen LogP contribution < -0.4 is 5.73 Å². The summed E-state index contributed by atoms with van der Waals surface area (Å²) in [5, 5.41) is 4.10. The molecular weight excluding hydrogens is 186 g/mol. The van der Waals surface area contributed by atoms with Crippen molar-refractivity contribution < 1.29 is 0 Å². The Hall–Kier alpha value is -1.77. The van der Waals surface area contributed by atoms with Crippen molar-refractivity contribution in [3.8, 4) is 0 Å². The van der Waals surface area contributed by atoms with Gasteiger partial charge in [-0.2, -0.15) is 5.10 Å².